The molecule has 0 atom stereocenters. The minimum Gasteiger partial charge on any atom is -0.438 e. The van der Waals surface area contributed by atoms with E-state index in [1.165, 1.54) is 36.4 Å². The number of rotatable bonds is 8. The van der Waals surface area contributed by atoms with Crippen LogP contribution in [-0.2, 0) is 6.18 Å². The summed E-state index contributed by atoms with van der Waals surface area (Å²) < 4.78 is 46.4. The average molecular weight is 427 g/mol. The molecule has 0 bridgehead atoms. The minimum atomic E-state index is -4.59. The van der Waals surface area contributed by atoms with Gasteiger partial charge in [-0.3, -0.25) is 0 Å². The van der Waals surface area contributed by atoms with E-state index in [4.69, 9.17) is 4.74 Å². The maximum absolute atomic E-state index is 13.6. The Labute approximate surface area is 173 Å². The molecule has 0 aliphatic heterocycles. The van der Waals surface area contributed by atoms with Crippen molar-refractivity contribution in [2.24, 2.45) is 10.9 Å². The van der Waals surface area contributed by atoms with Crippen molar-refractivity contribution in [3.63, 3.8) is 0 Å². The van der Waals surface area contributed by atoms with Gasteiger partial charge in [-0.05, 0) is 37.5 Å². The van der Waals surface area contributed by atoms with E-state index >= 15 is 0 Å². The van der Waals surface area contributed by atoms with Crippen LogP contribution < -0.4 is 4.74 Å². The SMILES string of the molecule is CCN(C)C=Nc1cc(C(F)(F)F)c(Oc2ccnc(SCC(C)C)n2)cc1C. The van der Waals surface area contributed by atoms with Crippen LogP contribution in [0.4, 0.5) is 18.9 Å². The van der Waals surface area contributed by atoms with Crippen molar-refractivity contribution in [1.29, 1.82) is 0 Å². The third kappa shape index (κ3) is 6.92. The van der Waals surface area contributed by atoms with E-state index < -0.39 is 11.7 Å². The number of aryl methyl sites for hydroxylation is 1. The number of aromatic nitrogens is 2. The van der Waals surface area contributed by atoms with Gasteiger partial charge in [0.15, 0.2) is 5.16 Å². The lowest BCUT2D eigenvalue weighted by molar-refractivity contribution is -0.138. The van der Waals surface area contributed by atoms with Crippen LogP contribution in [0.5, 0.6) is 11.6 Å². The van der Waals surface area contributed by atoms with Crippen LogP contribution in [0.15, 0.2) is 34.5 Å². The van der Waals surface area contributed by atoms with Crippen molar-refractivity contribution in [3.05, 3.63) is 35.5 Å². The highest BCUT2D eigenvalue weighted by Crippen LogP contribution is 2.41. The Hall–Kier alpha value is -2.29. The molecule has 0 saturated carbocycles. The quantitative estimate of drug-likeness (QED) is 0.226. The summed E-state index contributed by atoms with van der Waals surface area (Å²) in [6.07, 6.45) is -1.61. The second kappa shape index (κ2) is 9.96. The molecule has 0 saturated heterocycles. The van der Waals surface area contributed by atoms with Gasteiger partial charge < -0.3 is 9.64 Å². The van der Waals surface area contributed by atoms with Crippen LogP contribution in [0, 0.1) is 12.8 Å². The van der Waals surface area contributed by atoms with Gasteiger partial charge in [0.05, 0.1) is 12.0 Å². The van der Waals surface area contributed by atoms with E-state index in [2.05, 4.69) is 28.8 Å². The van der Waals surface area contributed by atoms with Gasteiger partial charge in [-0.2, -0.15) is 18.2 Å². The number of hydrogen-bond donors (Lipinski definition) is 0. The van der Waals surface area contributed by atoms with Crippen molar-refractivity contribution in [2.75, 3.05) is 19.3 Å². The lowest BCUT2D eigenvalue weighted by Gasteiger charge is -2.16. The number of hydrogen-bond acceptors (Lipinski definition) is 5. The number of halogens is 3. The first-order valence-corrected chi connectivity index (χ1v) is 10.2. The molecule has 0 N–H and O–H groups in total. The summed E-state index contributed by atoms with van der Waals surface area (Å²) in [5.41, 5.74) is -0.0950. The van der Waals surface area contributed by atoms with E-state index in [1.807, 2.05) is 6.92 Å². The normalized spacial score (nSPS) is 12.0. The van der Waals surface area contributed by atoms with Crippen LogP contribution in [0.1, 0.15) is 31.9 Å². The molecule has 1 aromatic carbocycles. The number of thioether (sulfide) groups is 1. The number of alkyl halides is 3. The van der Waals surface area contributed by atoms with Crippen LogP contribution in [0.3, 0.4) is 0 Å². The molecule has 0 unspecified atom stereocenters. The first-order chi connectivity index (χ1) is 13.6. The Bertz CT molecular complexity index is 856. The molecule has 29 heavy (non-hydrogen) atoms. The molecule has 5 nitrogen and oxygen atoms in total. The summed E-state index contributed by atoms with van der Waals surface area (Å²) in [5.74, 6) is 0.997. The molecular formula is C20H25F3N4OS. The van der Waals surface area contributed by atoms with E-state index in [9.17, 15) is 13.2 Å². The number of benzene rings is 1. The van der Waals surface area contributed by atoms with Gasteiger partial charge in [-0.25, -0.2) is 9.98 Å². The highest BCUT2D eigenvalue weighted by atomic mass is 32.2. The molecule has 2 rings (SSSR count). The van der Waals surface area contributed by atoms with Gasteiger partial charge in [0.25, 0.3) is 0 Å². The maximum Gasteiger partial charge on any atom is 0.420 e. The van der Waals surface area contributed by atoms with Gasteiger partial charge in [0.1, 0.15) is 11.3 Å². The molecule has 0 spiro atoms. The Balaban J connectivity index is 2.36. The van der Waals surface area contributed by atoms with E-state index in [0.29, 0.717) is 23.2 Å². The van der Waals surface area contributed by atoms with Gasteiger partial charge in [0, 0.05) is 31.6 Å². The Kier molecular flexibility index (Phi) is 7.89. The molecule has 0 radical (unpaired) electrons. The van der Waals surface area contributed by atoms with Crippen LogP contribution in [0.25, 0.3) is 0 Å². The first-order valence-electron chi connectivity index (χ1n) is 9.20. The fourth-order valence-electron chi connectivity index (χ4n) is 2.16. The number of nitrogens with zero attached hydrogens (tertiary/aromatic N) is 4. The van der Waals surface area contributed by atoms with Gasteiger partial charge >= 0.3 is 6.18 Å². The van der Waals surface area contributed by atoms with E-state index in [0.717, 1.165) is 11.8 Å². The third-order valence-electron chi connectivity index (χ3n) is 3.86. The number of aliphatic imine (C=N–C) groups is 1. The molecule has 2 aromatic rings. The van der Waals surface area contributed by atoms with E-state index in [1.54, 1.807) is 18.9 Å². The topological polar surface area (TPSA) is 50.6 Å². The zero-order valence-corrected chi connectivity index (χ0v) is 17.9. The zero-order chi connectivity index (χ0) is 21.6. The molecule has 9 heteroatoms. The largest absolute Gasteiger partial charge is 0.438 e. The van der Waals surface area contributed by atoms with Gasteiger partial charge in [0.2, 0.25) is 5.88 Å². The molecule has 1 heterocycles. The van der Waals surface area contributed by atoms with Crippen LogP contribution in [-0.4, -0.2) is 40.6 Å². The summed E-state index contributed by atoms with van der Waals surface area (Å²) in [6.45, 7) is 8.44. The fourth-order valence-corrected chi connectivity index (χ4v) is 2.94. The maximum atomic E-state index is 13.6. The van der Waals surface area contributed by atoms with Crippen molar-refractivity contribution in [3.8, 4) is 11.6 Å². The molecule has 0 aliphatic rings. The van der Waals surface area contributed by atoms with Crippen molar-refractivity contribution in [2.45, 2.75) is 39.0 Å². The first kappa shape index (κ1) is 23.0. The summed E-state index contributed by atoms with van der Waals surface area (Å²) >= 11 is 1.43. The predicted molar refractivity (Wildman–Crippen MR) is 110 cm³/mol. The summed E-state index contributed by atoms with van der Waals surface area (Å²) in [6, 6.07) is 3.78. The van der Waals surface area contributed by atoms with Gasteiger partial charge in [-0.15, -0.1) is 0 Å². The molecule has 0 aliphatic carbocycles. The van der Waals surface area contributed by atoms with Gasteiger partial charge in [-0.1, -0.05) is 25.6 Å². The number of ether oxygens (including phenoxy) is 1. The highest BCUT2D eigenvalue weighted by molar-refractivity contribution is 7.99. The fraction of sp³-hybridized carbons (Fsp3) is 0.450. The zero-order valence-electron chi connectivity index (χ0n) is 17.1. The molecule has 158 valence electrons. The average Bonchev–Trinajstić information content (AvgIpc) is 2.64. The standard InChI is InChI=1S/C20H25F3N4OS/c1-6-27(5)12-25-16-10-15(20(21,22)23)17(9-14(16)4)28-18-7-8-24-19(26-18)29-11-13(2)3/h7-10,12-13H,6,11H2,1-5H3. The Morgan fingerprint density at radius 1 is 1.31 bits per heavy atom. The smallest absolute Gasteiger partial charge is 0.420 e. The summed E-state index contributed by atoms with van der Waals surface area (Å²) in [4.78, 5) is 14.3. The van der Waals surface area contributed by atoms with Crippen LogP contribution in [0.2, 0.25) is 0 Å². The summed E-state index contributed by atoms with van der Waals surface area (Å²) in [7, 11) is 1.80. The van der Waals surface area contributed by atoms with Crippen LogP contribution >= 0.6 is 11.8 Å². The third-order valence-corrected chi connectivity index (χ3v) is 5.15. The van der Waals surface area contributed by atoms with Crippen molar-refractivity contribution in [1.82, 2.24) is 14.9 Å². The Morgan fingerprint density at radius 3 is 2.66 bits per heavy atom. The lowest BCUT2D eigenvalue weighted by Crippen LogP contribution is -2.14. The van der Waals surface area contributed by atoms with Crippen molar-refractivity contribution < 1.29 is 17.9 Å². The molecule has 0 fully saturated rings. The summed E-state index contributed by atoms with van der Waals surface area (Å²) in [5, 5.41) is 0.463. The van der Waals surface area contributed by atoms with E-state index in [-0.39, 0.29) is 17.3 Å². The highest BCUT2D eigenvalue weighted by Gasteiger charge is 2.35. The molecule has 1 aromatic heterocycles. The predicted octanol–water partition coefficient (Wildman–Crippen LogP) is 5.96. The second-order valence-corrected chi connectivity index (χ2v) is 7.92. The molecular weight excluding hydrogens is 401 g/mol. The van der Waals surface area contributed by atoms with Crippen molar-refractivity contribution >= 4 is 23.8 Å². The lowest BCUT2D eigenvalue weighted by atomic mass is 10.1. The minimum absolute atomic E-state index is 0.0677. The monoisotopic (exact) mass is 426 g/mol. The molecule has 0 amide bonds. The second-order valence-electron chi connectivity index (χ2n) is 6.93. The Morgan fingerprint density at radius 2 is 2.03 bits per heavy atom.